The average molecular weight is 142 g/mol. The Morgan fingerprint density at radius 3 is 3.00 bits per heavy atom. The zero-order valence-electron chi connectivity index (χ0n) is 5.87. The lowest BCUT2D eigenvalue weighted by Crippen LogP contribution is -2.24. The molecular weight excluding hydrogens is 132 g/mol. The molecule has 0 aliphatic rings. The Hall–Kier alpha value is -1.22. The van der Waals surface area contributed by atoms with Gasteiger partial charge in [-0.1, -0.05) is 12.0 Å². The van der Waals surface area contributed by atoms with E-state index in [1.54, 1.807) is 6.92 Å². The second-order valence-electron chi connectivity index (χ2n) is 1.66. The standard InChI is InChI=1S/C5H10N4O/c1-2-5(10)7-3-4-8-9-6/h2-4H2,1H3,(H,7,10). The van der Waals surface area contributed by atoms with Crippen LogP contribution in [0.3, 0.4) is 0 Å². The van der Waals surface area contributed by atoms with E-state index >= 15 is 0 Å². The highest BCUT2D eigenvalue weighted by molar-refractivity contribution is 5.75. The molecule has 0 spiro atoms. The maximum absolute atomic E-state index is 10.5. The number of azide groups is 1. The highest BCUT2D eigenvalue weighted by atomic mass is 16.1. The van der Waals surface area contributed by atoms with Crippen LogP contribution in [0.25, 0.3) is 10.4 Å². The summed E-state index contributed by atoms with van der Waals surface area (Å²) in [4.78, 5) is 13.1. The Balaban J connectivity index is 3.19. The summed E-state index contributed by atoms with van der Waals surface area (Å²) in [5, 5.41) is 5.81. The minimum atomic E-state index is -0.0202. The molecule has 0 heterocycles. The van der Waals surface area contributed by atoms with Gasteiger partial charge in [0.25, 0.3) is 0 Å². The first kappa shape index (κ1) is 8.78. The van der Waals surface area contributed by atoms with Crippen molar-refractivity contribution in [3.8, 4) is 0 Å². The first-order chi connectivity index (χ1) is 4.81. The van der Waals surface area contributed by atoms with Gasteiger partial charge < -0.3 is 5.32 Å². The van der Waals surface area contributed by atoms with Crippen LogP contribution in [0.5, 0.6) is 0 Å². The van der Waals surface area contributed by atoms with E-state index in [9.17, 15) is 4.79 Å². The number of rotatable bonds is 4. The summed E-state index contributed by atoms with van der Waals surface area (Å²) >= 11 is 0. The summed E-state index contributed by atoms with van der Waals surface area (Å²) in [7, 11) is 0. The lowest BCUT2D eigenvalue weighted by Gasteiger charge is -1.97. The van der Waals surface area contributed by atoms with Crippen LogP contribution in [-0.4, -0.2) is 19.0 Å². The van der Waals surface area contributed by atoms with E-state index in [0.29, 0.717) is 19.5 Å². The first-order valence-corrected chi connectivity index (χ1v) is 3.08. The van der Waals surface area contributed by atoms with Gasteiger partial charge in [-0.2, -0.15) is 0 Å². The van der Waals surface area contributed by atoms with Gasteiger partial charge in [-0.05, 0) is 5.53 Å². The van der Waals surface area contributed by atoms with Gasteiger partial charge in [0.2, 0.25) is 5.91 Å². The van der Waals surface area contributed by atoms with Crippen molar-refractivity contribution in [2.24, 2.45) is 5.11 Å². The number of carbonyl (C=O) groups is 1. The number of hydrogen-bond acceptors (Lipinski definition) is 2. The number of hydrogen-bond donors (Lipinski definition) is 1. The number of carbonyl (C=O) groups excluding carboxylic acids is 1. The summed E-state index contributed by atoms with van der Waals surface area (Å²) in [6.07, 6.45) is 0.469. The molecule has 1 amide bonds. The van der Waals surface area contributed by atoms with Gasteiger partial charge in [-0.25, -0.2) is 0 Å². The Kier molecular flexibility index (Phi) is 5.19. The van der Waals surface area contributed by atoms with E-state index in [2.05, 4.69) is 15.3 Å². The van der Waals surface area contributed by atoms with E-state index in [1.807, 2.05) is 0 Å². The second kappa shape index (κ2) is 5.91. The van der Waals surface area contributed by atoms with Crippen molar-refractivity contribution in [3.63, 3.8) is 0 Å². The van der Waals surface area contributed by atoms with Crippen molar-refractivity contribution in [1.82, 2.24) is 5.32 Å². The number of nitrogens with one attached hydrogen (secondary N) is 1. The molecular formula is C5H10N4O. The predicted octanol–water partition coefficient (Wildman–Crippen LogP) is 0.823. The molecule has 0 bridgehead atoms. The third-order valence-electron chi connectivity index (χ3n) is 0.918. The molecule has 0 unspecified atom stereocenters. The van der Waals surface area contributed by atoms with E-state index in [1.165, 1.54) is 0 Å². The minimum absolute atomic E-state index is 0.0202. The van der Waals surface area contributed by atoms with Crippen LogP contribution in [0.4, 0.5) is 0 Å². The van der Waals surface area contributed by atoms with Crippen molar-refractivity contribution in [2.45, 2.75) is 13.3 Å². The molecule has 0 rings (SSSR count). The largest absolute Gasteiger partial charge is 0.356 e. The molecule has 0 aliphatic heterocycles. The summed E-state index contributed by atoms with van der Waals surface area (Å²) in [6.45, 7) is 2.52. The highest BCUT2D eigenvalue weighted by Gasteiger charge is 1.91. The highest BCUT2D eigenvalue weighted by Crippen LogP contribution is 1.74. The van der Waals surface area contributed by atoms with E-state index in [4.69, 9.17) is 5.53 Å². The molecule has 0 saturated carbocycles. The average Bonchev–Trinajstić information content (AvgIpc) is 1.98. The molecule has 5 nitrogen and oxygen atoms in total. The zero-order valence-corrected chi connectivity index (χ0v) is 5.87. The third kappa shape index (κ3) is 4.93. The molecule has 0 atom stereocenters. The molecule has 0 aromatic carbocycles. The maximum atomic E-state index is 10.5. The Labute approximate surface area is 59.0 Å². The van der Waals surface area contributed by atoms with Crippen molar-refractivity contribution in [3.05, 3.63) is 10.4 Å². The maximum Gasteiger partial charge on any atom is 0.219 e. The molecule has 0 aromatic rings. The smallest absolute Gasteiger partial charge is 0.219 e. The fourth-order valence-electron chi connectivity index (χ4n) is 0.415. The minimum Gasteiger partial charge on any atom is -0.356 e. The number of nitrogens with zero attached hydrogens (tertiary/aromatic N) is 3. The van der Waals surface area contributed by atoms with Gasteiger partial charge in [-0.3, -0.25) is 4.79 Å². The summed E-state index contributed by atoms with van der Waals surface area (Å²) in [6, 6.07) is 0. The van der Waals surface area contributed by atoms with Crippen molar-refractivity contribution >= 4 is 5.91 Å². The molecule has 0 saturated heterocycles. The molecule has 10 heavy (non-hydrogen) atoms. The molecule has 0 radical (unpaired) electrons. The van der Waals surface area contributed by atoms with Crippen LogP contribution >= 0.6 is 0 Å². The Bertz CT molecular complexity index is 150. The van der Waals surface area contributed by atoms with Gasteiger partial charge in [0, 0.05) is 24.4 Å². The molecule has 1 N–H and O–H groups in total. The van der Waals surface area contributed by atoms with Crippen LogP contribution in [0.15, 0.2) is 5.11 Å². The first-order valence-electron chi connectivity index (χ1n) is 3.08. The van der Waals surface area contributed by atoms with Gasteiger partial charge in [0.15, 0.2) is 0 Å². The van der Waals surface area contributed by atoms with Crippen molar-refractivity contribution < 1.29 is 4.79 Å². The summed E-state index contributed by atoms with van der Waals surface area (Å²) < 4.78 is 0. The number of amides is 1. The van der Waals surface area contributed by atoms with Crippen LogP contribution in [0.2, 0.25) is 0 Å². The zero-order chi connectivity index (χ0) is 7.82. The molecule has 0 aliphatic carbocycles. The van der Waals surface area contributed by atoms with Gasteiger partial charge in [0.1, 0.15) is 0 Å². The van der Waals surface area contributed by atoms with E-state index in [0.717, 1.165) is 0 Å². The topological polar surface area (TPSA) is 77.9 Å². The Morgan fingerprint density at radius 2 is 2.50 bits per heavy atom. The molecule has 5 heteroatoms. The fraction of sp³-hybridized carbons (Fsp3) is 0.800. The van der Waals surface area contributed by atoms with Crippen LogP contribution in [0, 0.1) is 0 Å². The lowest BCUT2D eigenvalue weighted by atomic mass is 10.4. The van der Waals surface area contributed by atoms with Crippen molar-refractivity contribution in [2.75, 3.05) is 13.1 Å². The quantitative estimate of drug-likeness (QED) is 0.268. The summed E-state index contributed by atoms with van der Waals surface area (Å²) in [5.74, 6) is -0.0202. The monoisotopic (exact) mass is 142 g/mol. The SMILES string of the molecule is CCC(=O)NCCN=[N+]=[N-]. The molecule has 56 valence electrons. The van der Waals surface area contributed by atoms with Crippen LogP contribution in [0.1, 0.15) is 13.3 Å². The van der Waals surface area contributed by atoms with Gasteiger partial charge >= 0.3 is 0 Å². The molecule has 0 fully saturated rings. The van der Waals surface area contributed by atoms with E-state index in [-0.39, 0.29) is 5.91 Å². The fourth-order valence-corrected chi connectivity index (χ4v) is 0.415. The lowest BCUT2D eigenvalue weighted by molar-refractivity contribution is -0.120. The van der Waals surface area contributed by atoms with Crippen LogP contribution < -0.4 is 5.32 Å². The van der Waals surface area contributed by atoms with E-state index < -0.39 is 0 Å². The summed E-state index contributed by atoms with van der Waals surface area (Å²) in [5.41, 5.74) is 7.83. The predicted molar refractivity (Wildman–Crippen MR) is 37.3 cm³/mol. The second-order valence-corrected chi connectivity index (χ2v) is 1.66. The van der Waals surface area contributed by atoms with Crippen LogP contribution in [-0.2, 0) is 4.79 Å². The van der Waals surface area contributed by atoms with Gasteiger partial charge in [-0.15, -0.1) is 0 Å². The van der Waals surface area contributed by atoms with Crippen molar-refractivity contribution in [1.29, 1.82) is 0 Å². The third-order valence-corrected chi connectivity index (χ3v) is 0.918. The molecule has 0 aromatic heterocycles. The normalized spacial score (nSPS) is 8.10. The van der Waals surface area contributed by atoms with Gasteiger partial charge in [0.05, 0.1) is 0 Å². The Morgan fingerprint density at radius 1 is 1.80 bits per heavy atom.